The maximum absolute atomic E-state index is 12.9. The van der Waals surface area contributed by atoms with E-state index in [0.29, 0.717) is 35.2 Å². The summed E-state index contributed by atoms with van der Waals surface area (Å²) in [6.45, 7) is 4.71. The molecule has 0 aliphatic heterocycles. The molecule has 3 rings (SSSR count). The molecule has 1 heterocycles. The van der Waals surface area contributed by atoms with Crippen LogP contribution in [-0.4, -0.2) is 46.7 Å². The molecule has 8 heteroatoms. The normalized spacial score (nSPS) is 10.9. The average Bonchev–Trinajstić information content (AvgIpc) is 3.10. The van der Waals surface area contributed by atoms with Crippen LogP contribution in [-0.2, 0) is 16.1 Å². The van der Waals surface area contributed by atoms with Crippen LogP contribution < -0.4 is 10.1 Å². The Bertz CT molecular complexity index is 1160. The number of aromatic nitrogens is 2. The van der Waals surface area contributed by atoms with Crippen molar-refractivity contribution < 1.29 is 14.3 Å². The number of carbonyl (C=O) groups is 2. The number of nitrogens with one attached hydrogen (secondary N) is 1. The average molecular weight is 481 g/mol. The zero-order valence-electron chi connectivity index (χ0n) is 19.6. The molecule has 0 spiro atoms. The Morgan fingerprint density at radius 2 is 1.85 bits per heavy atom. The quantitative estimate of drug-likeness (QED) is 0.423. The van der Waals surface area contributed by atoms with E-state index in [1.807, 2.05) is 50.2 Å². The minimum atomic E-state index is -0.301. The van der Waals surface area contributed by atoms with E-state index in [0.717, 1.165) is 17.7 Å². The third-order valence-corrected chi connectivity index (χ3v) is 5.60. The van der Waals surface area contributed by atoms with Gasteiger partial charge in [-0.15, -0.1) is 0 Å². The van der Waals surface area contributed by atoms with E-state index in [1.165, 1.54) is 18.1 Å². The van der Waals surface area contributed by atoms with E-state index >= 15 is 0 Å². The van der Waals surface area contributed by atoms with Crippen LogP contribution in [0.3, 0.4) is 0 Å². The zero-order chi connectivity index (χ0) is 24.5. The van der Waals surface area contributed by atoms with Gasteiger partial charge in [-0.25, -0.2) is 4.68 Å². The summed E-state index contributed by atoms with van der Waals surface area (Å²) in [7, 11) is 1.54. The Morgan fingerprint density at radius 1 is 1.15 bits per heavy atom. The van der Waals surface area contributed by atoms with E-state index in [9.17, 15) is 9.59 Å². The first-order valence-corrected chi connectivity index (χ1v) is 11.5. The summed E-state index contributed by atoms with van der Waals surface area (Å²) in [5, 5.41) is 7.78. The molecule has 0 aliphatic rings. The minimum absolute atomic E-state index is 0.0744. The Kier molecular flexibility index (Phi) is 8.87. The maximum Gasteiger partial charge on any atom is 0.247 e. The van der Waals surface area contributed by atoms with E-state index in [4.69, 9.17) is 16.3 Å². The molecule has 0 atom stereocenters. The van der Waals surface area contributed by atoms with Crippen molar-refractivity contribution in [3.63, 3.8) is 0 Å². The van der Waals surface area contributed by atoms with Crippen LogP contribution in [0, 0.1) is 6.92 Å². The first kappa shape index (κ1) is 25.1. The molecule has 3 aromatic rings. The molecule has 0 fully saturated rings. The van der Waals surface area contributed by atoms with Crippen LogP contribution in [0.2, 0.25) is 5.15 Å². The van der Waals surface area contributed by atoms with Crippen molar-refractivity contribution in [1.82, 2.24) is 14.7 Å². The second-order valence-corrected chi connectivity index (χ2v) is 8.13. The summed E-state index contributed by atoms with van der Waals surface area (Å²) < 4.78 is 6.98. The Labute approximate surface area is 205 Å². The van der Waals surface area contributed by atoms with Crippen molar-refractivity contribution in [2.45, 2.75) is 26.8 Å². The number of nitrogens with zero attached hydrogens (tertiary/aromatic N) is 3. The highest BCUT2D eigenvalue weighted by Crippen LogP contribution is 2.24. The molecule has 2 aromatic carbocycles. The van der Waals surface area contributed by atoms with Gasteiger partial charge in [0.25, 0.3) is 0 Å². The number of para-hydroxylation sites is 2. The number of anilines is 1. The molecule has 0 saturated heterocycles. The van der Waals surface area contributed by atoms with Crippen LogP contribution in [0.25, 0.3) is 6.08 Å². The molecule has 1 aromatic heterocycles. The van der Waals surface area contributed by atoms with Gasteiger partial charge < -0.3 is 15.0 Å². The summed E-state index contributed by atoms with van der Waals surface area (Å²) in [4.78, 5) is 27.0. The molecular weight excluding hydrogens is 452 g/mol. The summed E-state index contributed by atoms with van der Waals surface area (Å²) in [5.41, 5.74) is 3.04. The molecule has 0 radical (unpaired) electrons. The van der Waals surface area contributed by atoms with Gasteiger partial charge in [-0.1, -0.05) is 61.0 Å². The minimum Gasteiger partial charge on any atom is -0.495 e. The van der Waals surface area contributed by atoms with Crippen LogP contribution >= 0.6 is 11.6 Å². The molecule has 2 amide bonds. The molecule has 0 unspecified atom stereocenters. The fourth-order valence-electron chi connectivity index (χ4n) is 3.53. The lowest BCUT2D eigenvalue weighted by Gasteiger charge is -2.20. The first-order chi connectivity index (χ1) is 16.4. The Balaban J connectivity index is 1.69. The highest BCUT2D eigenvalue weighted by atomic mass is 35.5. The van der Waals surface area contributed by atoms with Gasteiger partial charge in [0, 0.05) is 18.2 Å². The molecular formula is C26H29ClN4O3. The number of rotatable bonds is 10. The maximum atomic E-state index is 12.9. The SMILES string of the molecule is CCCN(CC(=O)Nc1ccccc1OC)C(=O)/C=C/c1c(C)nn(Cc2ccccc2)c1Cl. The number of carbonyl (C=O) groups excluding carboxylic acids is 2. The van der Waals surface area contributed by atoms with Crippen molar-refractivity contribution in [3.8, 4) is 5.75 Å². The summed E-state index contributed by atoms with van der Waals surface area (Å²) in [5.74, 6) is -0.0188. The van der Waals surface area contributed by atoms with Gasteiger partial charge in [-0.05, 0) is 37.1 Å². The number of hydrogen-bond acceptors (Lipinski definition) is 4. The van der Waals surface area contributed by atoms with E-state index in [2.05, 4.69) is 10.4 Å². The fourth-order valence-corrected chi connectivity index (χ4v) is 3.82. The van der Waals surface area contributed by atoms with E-state index in [-0.39, 0.29) is 18.4 Å². The van der Waals surface area contributed by atoms with Gasteiger partial charge in [-0.3, -0.25) is 9.59 Å². The highest BCUT2D eigenvalue weighted by molar-refractivity contribution is 6.31. The molecule has 7 nitrogen and oxygen atoms in total. The number of halogens is 1. The summed E-state index contributed by atoms with van der Waals surface area (Å²) in [6.07, 6.45) is 3.82. The Hall–Kier alpha value is -3.58. The van der Waals surface area contributed by atoms with Gasteiger partial charge in [-0.2, -0.15) is 5.10 Å². The topological polar surface area (TPSA) is 76.5 Å². The number of amides is 2. The predicted molar refractivity (Wildman–Crippen MR) is 135 cm³/mol. The lowest BCUT2D eigenvalue weighted by molar-refractivity contribution is -0.130. The molecule has 0 saturated carbocycles. The molecule has 178 valence electrons. The monoisotopic (exact) mass is 480 g/mol. The zero-order valence-corrected chi connectivity index (χ0v) is 20.4. The lowest BCUT2D eigenvalue weighted by atomic mass is 10.2. The number of aryl methyl sites for hydroxylation is 1. The third-order valence-electron chi connectivity index (χ3n) is 5.20. The second-order valence-electron chi connectivity index (χ2n) is 7.77. The standard InChI is InChI=1S/C26H29ClN4O3/c1-4-16-30(18-24(32)28-22-12-8-9-13-23(22)34-3)25(33)15-14-21-19(2)29-31(26(21)27)17-20-10-6-5-7-11-20/h5-15H,4,16-18H2,1-3H3,(H,28,32)/b15-14+. The smallest absolute Gasteiger partial charge is 0.247 e. The van der Waals surface area contributed by atoms with Gasteiger partial charge >= 0.3 is 0 Å². The van der Waals surface area contributed by atoms with Gasteiger partial charge in [0.05, 0.1) is 25.0 Å². The van der Waals surface area contributed by atoms with Gasteiger partial charge in [0.2, 0.25) is 11.8 Å². The van der Waals surface area contributed by atoms with Gasteiger partial charge in [0.1, 0.15) is 17.4 Å². The molecule has 34 heavy (non-hydrogen) atoms. The van der Waals surface area contributed by atoms with Crippen molar-refractivity contribution in [2.24, 2.45) is 0 Å². The number of hydrogen-bond donors (Lipinski definition) is 1. The molecule has 0 aliphatic carbocycles. The number of ether oxygens (including phenoxy) is 1. The van der Waals surface area contributed by atoms with Gasteiger partial charge in [0.15, 0.2) is 0 Å². The van der Waals surface area contributed by atoms with Crippen LogP contribution in [0.4, 0.5) is 5.69 Å². The van der Waals surface area contributed by atoms with E-state index in [1.54, 1.807) is 29.0 Å². The third kappa shape index (κ3) is 6.48. The molecule has 1 N–H and O–H groups in total. The van der Waals surface area contributed by atoms with E-state index < -0.39 is 0 Å². The number of benzene rings is 2. The van der Waals surface area contributed by atoms with Crippen LogP contribution in [0.1, 0.15) is 30.2 Å². The molecule has 0 bridgehead atoms. The van der Waals surface area contributed by atoms with Crippen molar-refractivity contribution in [3.05, 3.63) is 82.6 Å². The fraction of sp³-hybridized carbons (Fsp3) is 0.269. The van der Waals surface area contributed by atoms with Crippen molar-refractivity contribution in [1.29, 1.82) is 0 Å². The lowest BCUT2D eigenvalue weighted by Crippen LogP contribution is -2.37. The predicted octanol–water partition coefficient (Wildman–Crippen LogP) is 4.79. The number of methoxy groups -OCH3 is 1. The Morgan fingerprint density at radius 3 is 2.56 bits per heavy atom. The highest BCUT2D eigenvalue weighted by Gasteiger charge is 2.17. The van der Waals surface area contributed by atoms with Crippen molar-refractivity contribution >= 4 is 35.2 Å². The van der Waals surface area contributed by atoms with Crippen molar-refractivity contribution in [2.75, 3.05) is 25.5 Å². The van der Waals surface area contributed by atoms with Crippen LogP contribution in [0.15, 0.2) is 60.7 Å². The summed E-state index contributed by atoms with van der Waals surface area (Å²) in [6, 6.07) is 17.0. The second kappa shape index (κ2) is 12.0. The first-order valence-electron chi connectivity index (χ1n) is 11.1. The van der Waals surface area contributed by atoms with Crippen LogP contribution in [0.5, 0.6) is 5.75 Å². The largest absolute Gasteiger partial charge is 0.495 e. The summed E-state index contributed by atoms with van der Waals surface area (Å²) >= 11 is 6.56.